The Bertz CT molecular complexity index is 608. The van der Waals surface area contributed by atoms with Gasteiger partial charge in [0.1, 0.15) is 0 Å². The molecule has 0 aliphatic carbocycles. The van der Waals surface area contributed by atoms with Crippen molar-refractivity contribution in [3.63, 3.8) is 0 Å². The molecule has 0 bridgehead atoms. The summed E-state index contributed by atoms with van der Waals surface area (Å²) >= 11 is 0. The molecular weight excluding hydrogens is 242 g/mol. The van der Waals surface area contributed by atoms with E-state index in [0.717, 1.165) is 11.1 Å². The van der Waals surface area contributed by atoms with Gasteiger partial charge >= 0.3 is 0 Å². The molecule has 0 atom stereocenters. The highest BCUT2D eigenvalue weighted by atomic mass is 16.5. The molecule has 1 radical (unpaired) electrons. The maximum atomic E-state index is 11.4. The van der Waals surface area contributed by atoms with Gasteiger partial charge in [0, 0.05) is 0 Å². The number of ether oxygens (including phenoxy) is 2. The van der Waals surface area contributed by atoms with Crippen LogP contribution in [-0.4, -0.2) is 20.1 Å². The Hall–Kier alpha value is -2.49. The first-order valence-corrected chi connectivity index (χ1v) is 5.70. The van der Waals surface area contributed by atoms with E-state index in [-0.39, 0.29) is 0 Å². The van der Waals surface area contributed by atoms with E-state index in [9.17, 15) is 4.79 Å². The Labute approximate surface area is 111 Å². The molecule has 0 heterocycles. The zero-order chi connectivity index (χ0) is 13.8. The molecule has 0 aliphatic rings. The van der Waals surface area contributed by atoms with Crippen LogP contribution in [0.15, 0.2) is 36.4 Å². The highest BCUT2D eigenvalue weighted by Gasteiger charge is 2.12. The fourth-order valence-corrected chi connectivity index (χ4v) is 1.89. The molecular formula is C15H14NO3. The third-order valence-electron chi connectivity index (χ3n) is 2.80. The molecule has 0 unspecified atom stereocenters. The van der Waals surface area contributed by atoms with Crippen molar-refractivity contribution in [2.24, 2.45) is 5.73 Å². The van der Waals surface area contributed by atoms with Crippen molar-refractivity contribution >= 4 is 5.91 Å². The summed E-state index contributed by atoms with van der Waals surface area (Å²) in [6, 6.07) is 13.6. The van der Waals surface area contributed by atoms with Crippen LogP contribution in [0.1, 0.15) is 10.4 Å². The van der Waals surface area contributed by atoms with Gasteiger partial charge in [-0.05, 0) is 29.3 Å². The lowest BCUT2D eigenvalue weighted by Crippen LogP contribution is -2.12. The Morgan fingerprint density at radius 3 is 2.53 bits per heavy atom. The van der Waals surface area contributed by atoms with Crippen LogP contribution >= 0.6 is 0 Å². The lowest BCUT2D eigenvalue weighted by molar-refractivity contribution is 0.100. The van der Waals surface area contributed by atoms with E-state index in [1.165, 1.54) is 0 Å². The molecule has 0 saturated heterocycles. The van der Waals surface area contributed by atoms with Gasteiger partial charge in [-0.3, -0.25) is 4.79 Å². The van der Waals surface area contributed by atoms with E-state index in [1.54, 1.807) is 38.5 Å². The fourth-order valence-electron chi connectivity index (χ4n) is 1.89. The Kier molecular flexibility index (Phi) is 3.71. The maximum absolute atomic E-state index is 11.4. The predicted octanol–water partition coefficient (Wildman–Crippen LogP) is 2.27. The Morgan fingerprint density at radius 1 is 1.16 bits per heavy atom. The number of nitrogens with two attached hydrogens (primary N) is 1. The van der Waals surface area contributed by atoms with E-state index in [4.69, 9.17) is 15.2 Å². The van der Waals surface area contributed by atoms with Crippen LogP contribution in [-0.2, 0) is 0 Å². The van der Waals surface area contributed by atoms with Crippen LogP contribution in [0.4, 0.5) is 0 Å². The number of carbonyl (C=O) groups excluding carboxylic acids is 1. The minimum atomic E-state index is -0.509. The highest BCUT2D eigenvalue weighted by Crippen LogP contribution is 2.33. The molecule has 19 heavy (non-hydrogen) atoms. The second-order valence-electron chi connectivity index (χ2n) is 3.89. The van der Waals surface area contributed by atoms with E-state index in [0.29, 0.717) is 17.1 Å². The second-order valence-corrected chi connectivity index (χ2v) is 3.89. The van der Waals surface area contributed by atoms with Crippen LogP contribution < -0.4 is 15.2 Å². The summed E-state index contributed by atoms with van der Waals surface area (Å²) in [6.45, 7) is 0. The molecule has 0 aromatic heterocycles. The molecule has 97 valence electrons. The van der Waals surface area contributed by atoms with Crippen molar-refractivity contribution in [2.45, 2.75) is 0 Å². The topological polar surface area (TPSA) is 61.5 Å². The SMILES string of the molecule is COc1ccc(-c2ccc[c]c2C(N)=O)cc1OC. The second kappa shape index (κ2) is 5.44. The molecule has 2 aromatic rings. The average Bonchev–Trinajstić information content (AvgIpc) is 2.46. The van der Waals surface area contributed by atoms with Gasteiger partial charge in [-0.15, -0.1) is 0 Å². The number of carbonyl (C=O) groups is 1. The highest BCUT2D eigenvalue weighted by molar-refractivity contribution is 5.99. The standard InChI is InChI=1S/C15H14NO3/c1-18-13-8-7-10(9-14(13)19-2)11-5-3-4-6-12(11)15(16)17/h3-5,7-9H,1-2H3,(H2,16,17). The van der Waals surface area contributed by atoms with Gasteiger partial charge in [-0.25, -0.2) is 0 Å². The molecule has 0 fully saturated rings. The van der Waals surface area contributed by atoms with Gasteiger partial charge in [0.15, 0.2) is 11.5 Å². The summed E-state index contributed by atoms with van der Waals surface area (Å²) in [7, 11) is 3.14. The van der Waals surface area contributed by atoms with E-state index in [1.807, 2.05) is 12.1 Å². The van der Waals surface area contributed by atoms with E-state index in [2.05, 4.69) is 6.07 Å². The van der Waals surface area contributed by atoms with Crippen LogP contribution in [0.2, 0.25) is 0 Å². The van der Waals surface area contributed by atoms with Crippen molar-refractivity contribution in [1.82, 2.24) is 0 Å². The molecule has 0 aliphatic heterocycles. The quantitative estimate of drug-likeness (QED) is 0.912. The monoisotopic (exact) mass is 256 g/mol. The molecule has 2 aromatic carbocycles. The summed E-state index contributed by atoms with van der Waals surface area (Å²) in [5.74, 6) is 0.719. The first kappa shape index (κ1) is 13.0. The molecule has 0 saturated carbocycles. The third-order valence-corrected chi connectivity index (χ3v) is 2.80. The van der Waals surface area contributed by atoms with E-state index >= 15 is 0 Å². The Morgan fingerprint density at radius 2 is 1.89 bits per heavy atom. The number of rotatable bonds is 4. The van der Waals surface area contributed by atoms with Crippen LogP contribution in [0.25, 0.3) is 11.1 Å². The Balaban J connectivity index is 2.56. The predicted molar refractivity (Wildman–Crippen MR) is 72.3 cm³/mol. The zero-order valence-electron chi connectivity index (χ0n) is 10.8. The molecule has 0 spiro atoms. The van der Waals surface area contributed by atoms with Crippen LogP contribution in [0.3, 0.4) is 0 Å². The minimum Gasteiger partial charge on any atom is -0.493 e. The van der Waals surface area contributed by atoms with Gasteiger partial charge in [0.25, 0.3) is 0 Å². The third kappa shape index (κ3) is 2.52. The molecule has 2 rings (SSSR count). The number of amides is 1. The summed E-state index contributed by atoms with van der Waals surface area (Å²) < 4.78 is 10.4. The summed E-state index contributed by atoms with van der Waals surface area (Å²) in [6.07, 6.45) is 0. The minimum absolute atomic E-state index is 0.356. The van der Waals surface area contributed by atoms with Crippen molar-refractivity contribution in [3.8, 4) is 22.6 Å². The largest absolute Gasteiger partial charge is 0.493 e. The fraction of sp³-hybridized carbons (Fsp3) is 0.133. The number of hydrogen-bond donors (Lipinski definition) is 1. The van der Waals surface area contributed by atoms with Gasteiger partial charge in [0.05, 0.1) is 19.8 Å². The van der Waals surface area contributed by atoms with Gasteiger partial charge < -0.3 is 15.2 Å². The summed E-state index contributed by atoms with van der Waals surface area (Å²) in [5, 5.41) is 0. The first-order valence-electron chi connectivity index (χ1n) is 5.70. The number of hydrogen-bond acceptors (Lipinski definition) is 3. The van der Waals surface area contributed by atoms with Gasteiger partial charge in [-0.1, -0.05) is 24.3 Å². The lowest BCUT2D eigenvalue weighted by Gasteiger charge is -2.11. The smallest absolute Gasteiger partial charge is 0.249 e. The zero-order valence-corrected chi connectivity index (χ0v) is 10.8. The van der Waals surface area contributed by atoms with Crippen LogP contribution in [0, 0.1) is 6.07 Å². The van der Waals surface area contributed by atoms with Crippen molar-refractivity contribution < 1.29 is 14.3 Å². The van der Waals surface area contributed by atoms with Crippen molar-refractivity contribution in [3.05, 3.63) is 48.0 Å². The van der Waals surface area contributed by atoms with Crippen molar-refractivity contribution in [1.29, 1.82) is 0 Å². The molecule has 4 nitrogen and oxygen atoms in total. The van der Waals surface area contributed by atoms with Crippen molar-refractivity contribution in [2.75, 3.05) is 14.2 Å². The molecule has 4 heteroatoms. The maximum Gasteiger partial charge on any atom is 0.249 e. The normalized spacial score (nSPS) is 10.0. The van der Waals surface area contributed by atoms with E-state index < -0.39 is 5.91 Å². The first-order chi connectivity index (χ1) is 9.17. The summed E-state index contributed by atoms with van der Waals surface area (Å²) in [5.41, 5.74) is 7.25. The van der Waals surface area contributed by atoms with Crippen LogP contribution in [0.5, 0.6) is 11.5 Å². The molecule has 1 amide bonds. The molecule has 2 N–H and O–H groups in total. The summed E-state index contributed by atoms with van der Waals surface area (Å²) in [4.78, 5) is 11.4. The number of methoxy groups -OCH3 is 2. The van der Waals surface area contributed by atoms with Gasteiger partial charge in [-0.2, -0.15) is 0 Å². The average molecular weight is 256 g/mol. The lowest BCUT2D eigenvalue weighted by atomic mass is 9.99. The number of benzene rings is 2. The van der Waals surface area contributed by atoms with Gasteiger partial charge in [0.2, 0.25) is 5.91 Å². The number of primary amides is 1.